The molecule has 0 saturated carbocycles. The van der Waals surface area contributed by atoms with E-state index in [0.717, 1.165) is 5.56 Å². The highest BCUT2D eigenvalue weighted by molar-refractivity contribution is 5.91. The third kappa shape index (κ3) is 5.22. The van der Waals surface area contributed by atoms with E-state index in [-0.39, 0.29) is 29.5 Å². The molecule has 0 saturated heterocycles. The summed E-state index contributed by atoms with van der Waals surface area (Å²) in [4.78, 5) is 24.5. The lowest BCUT2D eigenvalue weighted by molar-refractivity contribution is 0.0946. The standard InChI is InChI=1S/C22H22FN3O4/c1-29-19-9-5-15(13-20(19)30-2)11-12-24-22(28)18-8-10-21(27)26(25-18)14-16-3-6-17(23)7-4-16/h3-10,13H,11-12,14H2,1-2H3,(H,24,28). The number of ether oxygens (including phenoxy) is 2. The monoisotopic (exact) mass is 411 g/mol. The number of benzene rings is 2. The maximum atomic E-state index is 13.0. The number of carbonyl (C=O) groups is 1. The summed E-state index contributed by atoms with van der Waals surface area (Å²) in [5.41, 5.74) is 1.46. The van der Waals surface area contributed by atoms with E-state index in [4.69, 9.17) is 9.47 Å². The molecule has 0 radical (unpaired) electrons. The van der Waals surface area contributed by atoms with Gasteiger partial charge < -0.3 is 14.8 Å². The number of rotatable bonds is 8. The topological polar surface area (TPSA) is 82.5 Å². The Bertz CT molecular complexity index is 1080. The van der Waals surface area contributed by atoms with Crippen LogP contribution in [0.2, 0.25) is 0 Å². The van der Waals surface area contributed by atoms with E-state index in [1.165, 1.54) is 28.9 Å². The smallest absolute Gasteiger partial charge is 0.271 e. The van der Waals surface area contributed by atoms with Gasteiger partial charge in [0.2, 0.25) is 0 Å². The fourth-order valence-electron chi connectivity index (χ4n) is 2.89. The second-order valence-electron chi connectivity index (χ2n) is 6.54. The van der Waals surface area contributed by atoms with E-state index in [1.807, 2.05) is 18.2 Å². The minimum absolute atomic E-state index is 0.129. The van der Waals surface area contributed by atoms with Gasteiger partial charge in [0.15, 0.2) is 11.5 Å². The first-order chi connectivity index (χ1) is 14.5. The van der Waals surface area contributed by atoms with Gasteiger partial charge in [-0.25, -0.2) is 9.07 Å². The second kappa shape index (κ2) is 9.69. The number of amides is 1. The van der Waals surface area contributed by atoms with Crippen molar-refractivity contribution in [2.45, 2.75) is 13.0 Å². The first-order valence-electron chi connectivity index (χ1n) is 9.32. The molecule has 1 N–H and O–H groups in total. The summed E-state index contributed by atoms with van der Waals surface area (Å²) in [6.07, 6.45) is 0.585. The first-order valence-corrected chi connectivity index (χ1v) is 9.32. The number of aromatic nitrogens is 2. The van der Waals surface area contributed by atoms with Gasteiger partial charge in [0.05, 0.1) is 20.8 Å². The van der Waals surface area contributed by atoms with Crippen molar-refractivity contribution in [3.8, 4) is 11.5 Å². The Morgan fingerprint density at radius 1 is 1.00 bits per heavy atom. The zero-order chi connectivity index (χ0) is 21.5. The normalized spacial score (nSPS) is 10.5. The average molecular weight is 411 g/mol. The van der Waals surface area contributed by atoms with Gasteiger partial charge in [-0.15, -0.1) is 0 Å². The lowest BCUT2D eigenvalue weighted by Gasteiger charge is -2.10. The van der Waals surface area contributed by atoms with Crippen molar-refractivity contribution in [2.24, 2.45) is 0 Å². The van der Waals surface area contributed by atoms with Gasteiger partial charge in [-0.3, -0.25) is 9.59 Å². The minimum Gasteiger partial charge on any atom is -0.493 e. The Labute approximate surface area is 173 Å². The van der Waals surface area contributed by atoms with Crippen LogP contribution < -0.4 is 20.3 Å². The second-order valence-corrected chi connectivity index (χ2v) is 6.54. The molecule has 30 heavy (non-hydrogen) atoms. The highest BCUT2D eigenvalue weighted by Crippen LogP contribution is 2.27. The van der Waals surface area contributed by atoms with Crippen molar-refractivity contribution in [3.63, 3.8) is 0 Å². The molecule has 8 heteroatoms. The van der Waals surface area contributed by atoms with Crippen LogP contribution in [0.4, 0.5) is 4.39 Å². The van der Waals surface area contributed by atoms with E-state index in [0.29, 0.717) is 30.0 Å². The van der Waals surface area contributed by atoms with Gasteiger partial charge >= 0.3 is 0 Å². The van der Waals surface area contributed by atoms with Gasteiger partial charge in [0.1, 0.15) is 11.5 Å². The van der Waals surface area contributed by atoms with Crippen LogP contribution in [0.1, 0.15) is 21.6 Å². The third-order valence-corrected chi connectivity index (χ3v) is 4.49. The summed E-state index contributed by atoms with van der Waals surface area (Å²) in [5, 5.41) is 6.92. The number of nitrogens with zero attached hydrogens (tertiary/aromatic N) is 2. The fraction of sp³-hybridized carbons (Fsp3) is 0.227. The number of methoxy groups -OCH3 is 2. The molecule has 1 heterocycles. The van der Waals surface area contributed by atoms with Crippen LogP contribution in [-0.4, -0.2) is 36.5 Å². The molecule has 0 spiro atoms. The molecule has 0 fully saturated rings. The van der Waals surface area contributed by atoms with Crippen molar-refractivity contribution >= 4 is 5.91 Å². The lowest BCUT2D eigenvalue weighted by atomic mass is 10.1. The molecular formula is C22H22FN3O4. The van der Waals surface area contributed by atoms with Crippen molar-refractivity contribution < 1.29 is 18.7 Å². The molecular weight excluding hydrogens is 389 g/mol. The Morgan fingerprint density at radius 3 is 2.40 bits per heavy atom. The third-order valence-electron chi connectivity index (χ3n) is 4.49. The van der Waals surface area contributed by atoms with E-state index >= 15 is 0 Å². The molecule has 3 rings (SSSR count). The van der Waals surface area contributed by atoms with E-state index in [1.54, 1.807) is 26.4 Å². The Kier molecular flexibility index (Phi) is 6.79. The largest absolute Gasteiger partial charge is 0.493 e. The molecule has 1 amide bonds. The van der Waals surface area contributed by atoms with Crippen LogP contribution in [-0.2, 0) is 13.0 Å². The molecule has 7 nitrogen and oxygen atoms in total. The van der Waals surface area contributed by atoms with Crippen molar-refractivity contribution in [2.75, 3.05) is 20.8 Å². The lowest BCUT2D eigenvalue weighted by Crippen LogP contribution is -2.31. The summed E-state index contributed by atoms with van der Waals surface area (Å²) in [5.74, 6) is 0.513. The Morgan fingerprint density at radius 2 is 1.70 bits per heavy atom. The van der Waals surface area contributed by atoms with Crippen LogP contribution >= 0.6 is 0 Å². The van der Waals surface area contributed by atoms with Crippen molar-refractivity contribution in [1.82, 2.24) is 15.1 Å². The predicted octanol–water partition coefficient (Wildman–Crippen LogP) is 2.42. The van der Waals surface area contributed by atoms with Crippen molar-refractivity contribution in [3.05, 3.63) is 87.6 Å². The number of carbonyl (C=O) groups excluding carboxylic acids is 1. The van der Waals surface area contributed by atoms with Crippen molar-refractivity contribution in [1.29, 1.82) is 0 Å². The first kappa shape index (κ1) is 21.0. The fourth-order valence-corrected chi connectivity index (χ4v) is 2.89. The predicted molar refractivity (Wildman–Crippen MR) is 110 cm³/mol. The summed E-state index contributed by atoms with van der Waals surface area (Å²) < 4.78 is 24.7. The molecule has 1 aromatic heterocycles. The summed E-state index contributed by atoms with van der Waals surface area (Å²) >= 11 is 0. The van der Waals surface area contributed by atoms with E-state index < -0.39 is 0 Å². The molecule has 2 aromatic carbocycles. The van der Waals surface area contributed by atoms with Gasteiger partial charge in [0, 0.05) is 12.6 Å². The average Bonchev–Trinajstić information content (AvgIpc) is 2.76. The molecule has 0 aliphatic heterocycles. The minimum atomic E-state index is -0.386. The molecule has 3 aromatic rings. The summed E-state index contributed by atoms with van der Waals surface area (Å²) in [6.45, 7) is 0.527. The Hall–Kier alpha value is -3.68. The molecule has 0 bridgehead atoms. The number of hydrogen-bond acceptors (Lipinski definition) is 5. The molecule has 0 aliphatic carbocycles. The summed E-state index contributed by atoms with van der Waals surface area (Å²) in [7, 11) is 3.14. The molecule has 156 valence electrons. The Balaban J connectivity index is 1.63. The van der Waals surface area contributed by atoms with E-state index in [2.05, 4.69) is 10.4 Å². The van der Waals surface area contributed by atoms with Gasteiger partial charge in [0.25, 0.3) is 11.5 Å². The highest BCUT2D eigenvalue weighted by Gasteiger charge is 2.10. The van der Waals surface area contributed by atoms with Crippen LogP contribution in [0.15, 0.2) is 59.4 Å². The van der Waals surface area contributed by atoms with Gasteiger partial charge in [-0.1, -0.05) is 18.2 Å². The highest BCUT2D eigenvalue weighted by atomic mass is 19.1. The van der Waals surface area contributed by atoms with Crippen LogP contribution in [0, 0.1) is 5.82 Å². The molecule has 0 unspecified atom stereocenters. The SMILES string of the molecule is COc1ccc(CCNC(=O)c2ccc(=O)n(Cc3ccc(F)cc3)n2)cc1OC. The quantitative estimate of drug-likeness (QED) is 0.616. The number of hydrogen-bond donors (Lipinski definition) is 1. The van der Waals surface area contributed by atoms with Crippen LogP contribution in [0.5, 0.6) is 11.5 Å². The number of nitrogens with one attached hydrogen (secondary N) is 1. The zero-order valence-corrected chi connectivity index (χ0v) is 16.7. The molecule has 0 atom stereocenters. The summed E-state index contributed by atoms with van der Waals surface area (Å²) in [6, 6.07) is 14.0. The molecule has 0 aliphatic rings. The maximum Gasteiger partial charge on any atom is 0.271 e. The van der Waals surface area contributed by atoms with Gasteiger partial charge in [-0.2, -0.15) is 5.10 Å². The van der Waals surface area contributed by atoms with Gasteiger partial charge in [-0.05, 0) is 47.9 Å². The maximum absolute atomic E-state index is 13.0. The van der Waals surface area contributed by atoms with Crippen LogP contribution in [0.3, 0.4) is 0 Å². The number of halogens is 1. The van der Waals surface area contributed by atoms with E-state index in [9.17, 15) is 14.0 Å². The van der Waals surface area contributed by atoms with Crippen LogP contribution in [0.25, 0.3) is 0 Å². The zero-order valence-electron chi connectivity index (χ0n) is 16.7.